The molecule has 252 valence electrons. The first-order valence-corrected chi connectivity index (χ1v) is 22.4. The largest absolute Gasteiger partial charge is 0.413 e. The van der Waals surface area contributed by atoms with Gasteiger partial charge in [-0.2, -0.15) is 0 Å². The van der Waals surface area contributed by atoms with Gasteiger partial charge in [-0.25, -0.2) is 0 Å². The van der Waals surface area contributed by atoms with Crippen LogP contribution in [-0.4, -0.2) is 29.8 Å². The Labute approximate surface area is 285 Å². The van der Waals surface area contributed by atoms with Gasteiger partial charge in [0.2, 0.25) is 0 Å². The molecular formula is C42H64O2Si2. The minimum Gasteiger partial charge on any atom is -0.413 e. The Morgan fingerprint density at radius 3 is 1.76 bits per heavy atom. The summed E-state index contributed by atoms with van der Waals surface area (Å²) in [5, 5.41) is 2.78. The molecule has 1 atom stereocenters. The normalized spacial score (nSPS) is 20.5. The zero-order valence-electron chi connectivity index (χ0n) is 31.0. The van der Waals surface area contributed by atoms with Crippen molar-refractivity contribution in [2.45, 2.75) is 124 Å². The fraction of sp³-hybridized carbons (Fsp3) is 0.524. The van der Waals surface area contributed by atoms with Crippen molar-refractivity contribution < 1.29 is 8.85 Å². The highest BCUT2D eigenvalue weighted by Gasteiger charge is 2.50. The van der Waals surface area contributed by atoms with Gasteiger partial charge in [0.05, 0.1) is 13.2 Å². The molecule has 0 aliphatic heterocycles. The smallest absolute Gasteiger partial charge is 0.261 e. The van der Waals surface area contributed by atoms with Crippen LogP contribution in [0.25, 0.3) is 0 Å². The third-order valence-corrected chi connectivity index (χ3v) is 19.9. The van der Waals surface area contributed by atoms with Crippen molar-refractivity contribution in [1.29, 1.82) is 0 Å². The first-order chi connectivity index (χ1) is 21.6. The van der Waals surface area contributed by atoms with E-state index in [-0.39, 0.29) is 10.1 Å². The number of hydrogen-bond acceptors (Lipinski definition) is 2. The second kappa shape index (κ2) is 16.7. The lowest BCUT2D eigenvalue weighted by molar-refractivity contribution is 0.309. The predicted octanol–water partition coefficient (Wildman–Crippen LogP) is 11.3. The maximum absolute atomic E-state index is 7.36. The molecular weight excluding hydrogens is 593 g/mol. The van der Waals surface area contributed by atoms with E-state index < -0.39 is 16.6 Å². The molecule has 4 heteroatoms. The average molecular weight is 657 g/mol. The summed E-state index contributed by atoms with van der Waals surface area (Å²) in [5.74, 6) is 0.352. The summed E-state index contributed by atoms with van der Waals surface area (Å²) < 4.78 is 14.1. The fourth-order valence-electron chi connectivity index (χ4n) is 6.26. The second-order valence-corrected chi connectivity index (χ2v) is 25.3. The van der Waals surface area contributed by atoms with Crippen molar-refractivity contribution in [2.24, 2.45) is 5.92 Å². The summed E-state index contributed by atoms with van der Waals surface area (Å²) in [6.45, 7) is 29.4. The Hall–Kier alpha value is -2.25. The van der Waals surface area contributed by atoms with E-state index in [0.717, 1.165) is 51.6 Å². The highest BCUT2D eigenvalue weighted by Crippen LogP contribution is 2.39. The van der Waals surface area contributed by atoms with E-state index in [9.17, 15) is 0 Å². The summed E-state index contributed by atoms with van der Waals surface area (Å²) in [7, 11) is -4.49. The monoisotopic (exact) mass is 656 g/mol. The van der Waals surface area contributed by atoms with Crippen LogP contribution in [0.2, 0.25) is 23.2 Å². The second-order valence-electron chi connectivity index (χ2n) is 16.2. The number of benzene rings is 2. The van der Waals surface area contributed by atoms with E-state index >= 15 is 0 Å². The van der Waals surface area contributed by atoms with Crippen LogP contribution in [0.3, 0.4) is 0 Å². The van der Waals surface area contributed by atoms with Gasteiger partial charge in [0, 0.05) is 0 Å². The number of rotatable bonds is 9. The van der Waals surface area contributed by atoms with Crippen molar-refractivity contribution in [2.75, 3.05) is 13.2 Å². The third-order valence-electron chi connectivity index (χ3n) is 10.5. The highest BCUT2D eigenvalue weighted by atomic mass is 28.4. The Morgan fingerprint density at radius 2 is 1.24 bits per heavy atom. The van der Waals surface area contributed by atoms with Crippen molar-refractivity contribution >= 4 is 27.0 Å². The van der Waals surface area contributed by atoms with E-state index in [2.05, 4.69) is 147 Å². The first-order valence-electron chi connectivity index (χ1n) is 17.6. The molecule has 1 aliphatic carbocycles. The lowest BCUT2D eigenvalue weighted by atomic mass is 9.89. The average Bonchev–Trinajstić information content (AvgIpc) is 2.99. The van der Waals surface area contributed by atoms with Gasteiger partial charge in [0.1, 0.15) is 0 Å². The van der Waals surface area contributed by atoms with Crippen LogP contribution in [0.4, 0.5) is 0 Å². The standard InChI is InChI=1S/C42H64O2Si2/c1-34-20-18-21-35(2)28-30-38(31-29-37(23-19-22-34)33-43-45(10,11)41(4,5)6)36(3)32-44-46(42(7,8)9,39-24-14-12-15-25-39)40-26-16-13-17-27-40/h12-17,21-22,24-27,29,38H,3,18-20,23,28,30-33H2,1-2,4-11H3/b34-22?,35-21+,37-29-/t38-/m0/s1. The minimum atomic E-state index is -2.64. The van der Waals surface area contributed by atoms with Crippen LogP contribution >= 0.6 is 0 Å². The molecule has 2 aromatic carbocycles. The molecule has 0 N–H and O–H groups in total. The van der Waals surface area contributed by atoms with Crippen LogP contribution in [0.5, 0.6) is 0 Å². The van der Waals surface area contributed by atoms with Crippen LogP contribution < -0.4 is 10.4 Å². The molecule has 46 heavy (non-hydrogen) atoms. The van der Waals surface area contributed by atoms with Crippen molar-refractivity contribution in [1.82, 2.24) is 0 Å². The SMILES string of the molecule is C=C(CO[Si](c1ccccc1)(c1ccccc1)C(C)(C)C)[C@@H]1C/C=C(\CO[Si](C)(C)C(C)(C)C)CCC=C(C)CC/C=C(\C)CC1. The maximum atomic E-state index is 7.36. The van der Waals surface area contributed by atoms with E-state index in [1.807, 2.05) is 0 Å². The van der Waals surface area contributed by atoms with Gasteiger partial charge in [-0.3, -0.25) is 0 Å². The Bertz CT molecular complexity index is 1300. The summed E-state index contributed by atoms with van der Waals surface area (Å²) in [5.41, 5.74) is 5.63. The van der Waals surface area contributed by atoms with Gasteiger partial charge >= 0.3 is 0 Å². The topological polar surface area (TPSA) is 18.5 Å². The van der Waals surface area contributed by atoms with Crippen LogP contribution in [-0.2, 0) is 8.85 Å². The van der Waals surface area contributed by atoms with Crippen molar-refractivity contribution in [3.63, 3.8) is 0 Å². The highest BCUT2D eigenvalue weighted by molar-refractivity contribution is 6.99. The van der Waals surface area contributed by atoms with Gasteiger partial charge < -0.3 is 8.85 Å². The Kier molecular flexibility index (Phi) is 13.9. The summed E-state index contributed by atoms with van der Waals surface area (Å²) >= 11 is 0. The molecule has 3 rings (SSSR count). The molecule has 0 amide bonds. The van der Waals surface area contributed by atoms with Gasteiger partial charge in [-0.1, -0.05) is 138 Å². The van der Waals surface area contributed by atoms with Gasteiger partial charge in [0.15, 0.2) is 8.32 Å². The minimum absolute atomic E-state index is 0.0572. The zero-order valence-corrected chi connectivity index (χ0v) is 33.0. The molecule has 2 aromatic rings. The molecule has 1 aliphatic rings. The lowest BCUT2D eigenvalue weighted by Crippen LogP contribution is -2.66. The molecule has 0 fully saturated rings. The summed E-state index contributed by atoms with van der Waals surface area (Å²) in [6.07, 6.45) is 15.0. The van der Waals surface area contributed by atoms with Crippen LogP contribution in [0, 0.1) is 5.92 Å². The third kappa shape index (κ3) is 10.4. The Balaban J connectivity index is 1.94. The molecule has 0 aromatic heterocycles. The molecule has 0 heterocycles. The molecule has 0 unspecified atom stereocenters. The van der Waals surface area contributed by atoms with E-state index in [0.29, 0.717) is 12.5 Å². The summed E-state index contributed by atoms with van der Waals surface area (Å²) in [6, 6.07) is 21.9. The number of hydrogen-bond donors (Lipinski definition) is 0. The first kappa shape index (κ1) is 38.2. The van der Waals surface area contributed by atoms with Gasteiger partial charge in [0.25, 0.3) is 8.32 Å². The number of allylic oxidation sites excluding steroid dienone is 5. The van der Waals surface area contributed by atoms with E-state index in [1.165, 1.54) is 32.7 Å². The predicted molar refractivity (Wildman–Crippen MR) is 207 cm³/mol. The molecule has 0 saturated carbocycles. The van der Waals surface area contributed by atoms with Crippen LogP contribution in [0.1, 0.15) is 100 Å². The zero-order chi connectivity index (χ0) is 34.0. The molecule has 0 radical (unpaired) electrons. The van der Waals surface area contributed by atoms with Crippen LogP contribution in [0.15, 0.2) is 108 Å². The maximum Gasteiger partial charge on any atom is 0.261 e. The van der Waals surface area contributed by atoms with Crippen molar-refractivity contribution in [3.05, 3.63) is 108 Å². The molecule has 0 spiro atoms. The molecule has 2 nitrogen and oxygen atoms in total. The van der Waals surface area contributed by atoms with E-state index in [4.69, 9.17) is 15.4 Å². The van der Waals surface area contributed by atoms with E-state index in [1.54, 1.807) is 0 Å². The summed E-state index contributed by atoms with van der Waals surface area (Å²) in [4.78, 5) is 0. The van der Waals surface area contributed by atoms with Gasteiger partial charge in [-0.15, -0.1) is 0 Å². The molecule has 0 saturated heterocycles. The lowest BCUT2D eigenvalue weighted by Gasteiger charge is -2.43. The fourth-order valence-corrected chi connectivity index (χ4v) is 11.8. The Morgan fingerprint density at radius 1 is 0.717 bits per heavy atom. The van der Waals surface area contributed by atoms with Crippen molar-refractivity contribution in [3.8, 4) is 0 Å². The van der Waals surface area contributed by atoms with Gasteiger partial charge in [-0.05, 0) is 109 Å². The molecule has 0 bridgehead atoms. The quantitative estimate of drug-likeness (QED) is 0.197.